The average molecular weight is 429 g/mol. The van der Waals surface area contributed by atoms with Gasteiger partial charge in [-0.1, -0.05) is 60.7 Å². The normalized spacial score (nSPS) is 10.7. The summed E-state index contributed by atoms with van der Waals surface area (Å²) in [6.45, 7) is 4.32. The summed E-state index contributed by atoms with van der Waals surface area (Å²) >= 11 is 0. The molecule has 0 saturated heterocycles. The van der Waals surface area contributed by atoms with Gasteiger partial charge < -0.3 is 4.74 Å². The van der Waals surface area contributed by atoms with Gasteiger partial charge in [0.15, 0.2) is 0 Å². The third-order valence-corrected chi connectivity index (χ3v) is 5.70. The van der Waals surface area contributed by atoms with Crippen molar-refractivity contribution in [3.8, 4) is 45.1 Å². The number of ether oxygens (including phenoxy) is 1. The maximum absolute atomic E-state index is 6.31. The molecule has 33 heavy (non-hydrogen) atoms. The van der Waals surface area contributed by atoms with Crippen LogP contribution >= 0.6 is 0 Å². The van der Waals surface area contributed by atoms with Gasteiger partial charge in [0.25, 0.3) is 0 Å². The van der Waals surface area contributed by atoms with Gasteiger partial charge in [-0.25, -0.2) is 4.98 Å². The summed E-state index contributed by atoms with van der Waals surface area (Å²) in [4.78, 5) is 8.88. The molecule has 0 atom stereocenters. The lowest BCUT2D eigenvalue weighted by molar-refractivity contribution is 0.465. The molecular weight excluding hydrogens is 404 g/mol. The largest absolute Gasteiger partial charge is 0.438 e. The minimum atomic E-state index is 0.563. The van der Waals surface area contributed by atoms with Crippen molar-refractivity contribution in [1.29, 1.82) is 0 Å². The second-order valence-electron chi connectivity index (χ2n) is 8.05. The van der Waals surface area contributed by atoms with E-state index in [0.29, 0.717) is 5.88 Å². The molecule has 3 heteroatoms. The molecule has 5 aromatic rings. The Morgan fingerprint density at radius 3 is 1.94 bits per heavy atom. The van der Waals surface area contributed by atoms with Crippen molar-refractivity contribution in [3.63, 3.8) is 0 Å². The van der Waals surface area contributed by atoms with Gasteiger partial charge in [0.2, 0.25) is 5.88 Å². The Morgan fingerprint density at radius 1 is 0.576 bits per heavy atom. The molecule has 3 nitrogen and oxygen atoms in total. The van der Waals surface area contributed by atoms with E-state index in [4.69, 9.17) is 4.74 Å². The van der Waals surface area contributed by atoms with E-state index in [9.17, 15) is 0 Å². The Kier molecular flexibility index (Phi) is 5.69. The van der Waals surface area contributed by atoms with Gasteiger partial charge in [-0.2, -0.15) is 0 Å². The van der Waals surface area contributed by atoms with E-state index in [1.54, 1.807) is 12.4 Å². The quantitative estimate of drug-likeness (QED) is 0.285. The van der Waals surface area contributed by atoms with Crippen LogP contribution in [0.1, 0.15) is 11.1 Å². The molecule has 0 unspecified atom stereocenters. The zero-order valence-corrected chi connectivity index (χ0v) is 18.7. The van der Waals surface area contributed by atoms with E-state index in [0.717, 1.165) is 22.6 Å². The first-order valence-corrected chi connectivity index (χ1v) is 11.0. The van der Waals surface area contributed by atoms with Crippen molar-refractivity contribution in [1.82, 2.24) is 9.97 Å². The van der Waals surface area contributed by atoms with E-state index >= 15 is 0 Å². The van der Waals surface area contributed by atoms with Crippen LogP contribution in [-0.4, -0.2) is 9.97 Å². The molecule has 3 aromatic carbocycles. The molecule has 0 aliphatic rings. The van der Waals surface area contributed by atoms with Crippen LogP contribution in [0.15, 0.2) is 109 Å². The number of hydrogen-bond donors (Lipinski definition) is 0. The first-order valence-electron chi connectivity index (χ1n) is 11.0. The highest BCUT2D eigenvalue weighted by molar-refractivity contribution is 5.82. The highest BCUT2D eigenvalue weighted by Gasteiger charge is 2.16. The van der Waals surface area contributed by atoms with Crippen molar-refractivity contribution in [2.75, 3.05) is 0 Å². The Bertz CT molecular complexity index is 1360. The van der Waals surface area contributed by atoms with Crippen LogP contribution in [-0.2, 0) is 0 Å². The van der Waals surface area contributed by atoms with Crippen LogP contribution in [0.3, 0.4) is 0 Å². The first-order chi connectivity index (χ1) is 16.2. The predicted octanol–water partition coefficient (Wildman–Crippen LogP) is 7.89. The molecular formula is C30H24N2O. The van der Waals surface area contributed by atoms with Crippen molar-refractivity contribution >= 4 is 0 Å². The number of pyridine rings is 2. The Hall–Kier alpha value is -4.24. The SMILES string of the molecule is Cc1cc(-c2ccccc2)cc(C)c1-c1ccc(-c2ccccn2)cc1Oc1ccccn1. The van der Waals surface area contributed by atoms with Gasteiger partial charge in [0, 0.05) is 29.6 Å². The summed E-state index contributed by atoms with van der Waals surface area (Å²) in [6, 6.07) is 32.8. The second kappa shape index (κ2) is 9.09. The number of aryl methyl sites for hydroxylation is 2. The van der Waals surface area contributed by atoms with Crippen molar-refractivity contribution < 1.29 is 4.74 Å². The molecule has 0 radical (unpaired) electrons. The highest BCUT2D eigenvalue weighted by Crippen LogP contribution is 2.40. The Morgan fingerprint density at radius 2 is 1.27 bits per heavy atom. The van der Waals surface area contributed by atoms with Crippen molar-refractivity contribution in [3.05, 3.63) is 121 Å². The maximum atomic E-state index is 6.31. The molecule has 0 N–H and O–H groups in total. The molecule has 0 amide bonds. The molecule has 0 spiro atoms. The predicted molar refractivity (Wildman–Crippen MR) is 134 cm³/mol. The van der Waals surface area contributed by atoms with Crippen LogP contribution in [0.2, 0.25) is 0 Å². The van der Waals surface area contributed by atoms with Gasteiger partial charge in [0.1, 0.15) is 5.75 Å². The van der Waals surface area contributed by atoms with Crippen molar-refractivity contribution in [2.45, 2.75) is 13.8 Å². The lowest BCUT2D eigenvalue weighted by Gasteiger charge is -2.18. The minimum Gasteiger partial charge on any atom is -0.438 e. The zero-order valence-electron chi connectivity index (χ0n) is 18.7. The van der Waals surface area contributed by atoms with E-state index in [1.165, 1.54) is 27.8 Å². The molecule has 2 aromatic heterocycles. The average Bonchev–Trinajstić information content (AvgIpc) is 2.86. The number of nitrogens with zero attached hydrogens (tertiary/aromatic N) is 2. The summed E-state index contributed by atoms with van der Waals surface area (Å²) in [5.74, 6) is 1.32. The number of benzene rings is 3. The molecule has 160 valence electrons. The second-order valence-corrected chi connectivity index (χ2v) is 8.05. The minimum absolute atomic E-state index is 0.563. The van der Waals surface area contributed by atoms with Gasteiger partial charge in [-0.05, 0) is 72.0 Å². The number of rotatable bonds is 5. The van der Waals surface area contributed by atoms with E-state index in [1.807, 2.05) is 42.5 Å². The fourth-order valence-corrected chi connectivity index (χ4v) is 4.21. The van der Waals surface area contributed by atoms with Gasteiger partial charge in [-0.15, -0.1) is 0 Å². The van der Waals surface area contributed by atoms with E-state index in [2.05, 4.69) is 78.4 Å². The summed E-state index contributed by atoms with van der Waals surface area (Å²) < 4.78 is 6.31. The zero-order chi connectivity index (χ0) is 22.6. The molecule has 0 bridgehead atoms. The molecule has 0 aliphatic heterocycles. The van der Waals surface area contributed by atoms with Crippen LogP contribution in [0.4, 0.5) is 0 Å². The van der Waals surface area contributed by atoms with Crippen LogP contribution < -0.4 is 4.74 Å². The van der Waals surface area contributed by atoms with E-state index in [-0.39, 0.29) is 0 Å². The summed E-state index contributed by atoms with van der Waals surface area (Å²) in [5.41, 5.74) is 8.94. The number of hydrogen-bond acceptors (Lipinski definition) is 3. The van der Waals surface area contributed by atoms with Gasteiger partial charge >= 0.3 is 0 Å². The molecule has 0 saturated carbocycles. The third-order valence-electron chi connectivity index (χ3n) is 5.70. The fraction of sp³-hybridized carbons (Fsp3) is 0.0667. The standard InChI is InChI=1S/C30H24N2O/c1-21-18-25(23-10-4-3-5-11-23)19-22(2)30(21)26-15-14-24(27-12-6-8-16-31-27)20-28(26)33-29-13-7-9-17-32-29/h3-20H,1-2H3. The highest BCUT2D eigenvalue weighted by atomic mass is 16.5. The summed E-state index contributed by atoms with van der Waals surface area (Å²) in [6.07, 6.45) is 3.54. The van der Waals surface area contributed by atoms with Crippen LogP contribution in [0.5, 0.6) is 11.6 Å². The lowest BCUT2D eigenvalue weighted by atomic mass is 9.90. The summed E-state index contributed by atoms with van der Waals surface area (Å²) in [7, 11) is 0. The monoisotopic (exact) mass is 428 g/mol. The Balaban J connectivity index is 1.64. The van der Waals surface area contributed by atoms with E-state index < -0.39 is 0 Å². The molecule has 0 aliphatic carbocycles. The molecule has 2 heterocycles. The maximum Gasteiger partial charge on any atom is 0.219 e. The first kappa shape index (κ1) is 20.7. The fourth-order valence-electron chi connectivity index (χ4n) is 4.21. The third kappa shape index (κ3) is 4.39. The smallest absolute Gasteiger partial charge is 0.219 e. The Labute approximate surface area is 194 Å². The van der Waals surface area contributed by atoms with Crippen LogP contribution in [0.25, 0.3) is 33.5 Å². The topological polar surface area (TPSA) is 35.0 Å². The van der Waals surface area contributed by atoms with Gasteiger partial charge in [-0.3, -0.25) is 4.98 Å². The molecule has 5 rings (SSSR count). The summed E-state index contributed by atoms with van der Waals surface area (Å²) in [5, 5.41) is 0. The van der Waals surface area contributed by atoms with Gasteiger partial charge in [0.05, 0.1) is 5.69 Å². The lowest BCUT2D eigenvalue weighted by Crippen LogP contribution is -1.96. The van der Waals surface area contributed by atoms with Crippen molar-refractivity contribution in [2.24, 2.45) is 0 Å². The number of aromatic nitrogens is 2. The van der Waals surface area contributed by atoms with Crippen LogP contribution in [0, 0.1) is 13.8 Å². The molecule has 0 fully saturated rings.